The highest BCUT2D eigenvalue weighted by Gasteiger charge is 1.97. The van der Waals surface area contributed by atoms with Gasteiger partial charge in [-0.3, -0.25) is 4.98 Å². The molecule has 4 heteroatoms. The van der Waals surface area contributed by atoms with Crippen LogP contribution in [0.15, 0.2) is 18.5 Å². The highest BCUT2D eigenvalue weighted by atomic mass is 35.5. The maximum Gasteiger partial charge on any atom is 0.404 e. The predicted octanol–water partition coefficient (Wildman–Crippen LogP) is 2.27. The molecule has 0 bridgehead atoms. The molecule has 0 N–H and O–H groups in total. The largest absolute Gasteiger partial charge is 0.449 e. The van der Waals surface area contributed by atoms with Gasteiger partial charge in [-0.15, -0.1) is 0 Å². The van der Waals surface area contributed by atoms with E-state index in [1.165, 1.54) is 0 Å². The minimum Gasteiger partial charge on any atom is -0.449 e. The third-order valence-corrected chi connectivity index (χ3v) is 1.39. The summed E-state index contributed by atoms with van der Waals surface area (Å²) in [7, 11) is 0. The number of halogens is 1. The fourth-order valence-corrected chi connectivity index (χ4v) is 0.891. The summed E-state index contributed by atoms with van der Waals surface area (Å²) in [5.74, 6) is 0. The summed E-state index contributed by atoms with van der Waals surface area (Å²) < 4.78 is 4.57. The van der Waals surface area contributed by atoms with Crippen LogP contribution >= 0.6 is 11.6 Å². The van der Waals surface area contributed by atoms with Crippen LogP contribution in [0.25, 0.3) is 0 Å². The summed E-state index contributed by atoms with van der Waals surface area (Å²) in [5, 5.41) is 0. The number of carbonyl (C=O) groups excluding carboxylic acids is 1. The van der Waals surface area contributed by atoms with Gasteiger partial charge in [-0.25, -0.2) is 4.79 Å². The number of nitrogens with zero attached hydrogens (tertiary/aromatic N) is 1. The first-order valence-corrected chi connectivity index (χ1v) is 3.79. The highest BCUT2D eigenvalue weighted by Crippen LogP contribution is 2.03. The Morgan fingerprint density at radius 3 is 3.00 bits per heavy atom. The van der Waals surface area contributed by atoms with Gasteiger partial charge < -0.3 is 4.74 Å². The van der Waals surface area contributed by atoms with Crippen LogP contribution in [0, 0.1) is 6.92 Å². The molecule has 0 amide bonds. The Morgan fingerprint density at radius 2 is 2.42 bits per heavy atom. The maximum atomic E-state index is 10.2. The van der Waals surface area contributed by atoms with Crippen LogP contribution in [0.5, 0.6) is 0 Å². The Bertz CT molecular complexity index is 288. The van der Waals surface area contributed by atoms with Crippen molar-refractivity contribution in [2.75, 3.05) is 0 Å². The zero-order valence-electron chi connectivity index (χ0n) is 6.58. The lowest BCUT2D eigenvalue weighted by Gasteiger charge is -2.00. The number of ether oxygens (including phenoxy) is 1. The van der Waals surface area contributed by atoms with Gasteiger partial charge >= 0.3 is 5.43 Å². The smallest absolute Gasteiger partial charge is 0.404 e. The van der Waals surface area contributed by atoms with Crippen molar-refractivity contribution in [1.82, 2.24) is 4.98 Å². The molecule has 0 aliphatic rings. The molecular weight excluding hydrogens is 178 g/mol. The van der Waals surface area contributed by atoms with Crippen LogP contribution < -0.4 is 0 Å². The van der Waals surface area contributed by atoms with Crippen LogP contribution in [0.2, 0.25) is 0 Å². The average molecular weight is 186 g/mol. The van der Waals surface area contributed by atoms with Crippen molar-refractivity contribution in [3.63, 3.8) is 0 Å². The number of hydrogen-bond acceptors (Lipinski definition) is 3. The molecule has 0 aromatic carbocycles. The summed E-state index contributed by atoms with van der Waals surface area (Å²) in [6, 6.07) is 1.88. The van der Waals surface area contributed by atoms with Crippen molar-refractivity contribution in [2.45, 2.75) is 13.5 Å². The van der Waals surface area contributed by atoms with Crippen molar-refractivity contribution in [3.05, 3.63) is 29.6 Å². The molecule has 0 unspecified atom stereocenters. The second kappa shape index (κ2) is 4.07. The Kier molecular flexibility index (Phi) is 3.05. The average Bonchev–Trinajstić information content (AvgIpc) is 2.01. The van der Waals surface area contributed by atoms with Gasteiger partial charge in [0.25, 0.3) is 0 Å². The molecule has 1 heterocycles. The Labute approximate surface area is 75.3 Å². The molecule has 0 spiro atoms. The van der Waals surface area contributed by atoms with Gasteiger partial charge in [-0.2, -0.15) is 0 Å². The van der Waals surface area contributed by atoms with Gasteiger partial charge in [0.1, 0.15) is 6.61 Å². The molecule has 64 valence electrons. The van der Waals surface area contributed by atoms with Crippen LogP contribution in [0.1, 0.15) is 11.1 Å². The van der Waals surface area contributed by atoms with Gasteiger partial charge in [0.05, 0.1) is 0 Å². The molecule has 1 rings (SSSR count). The minimum absolute atomic E-state index is 0.178. The molecule has 0 atom stereocenters. The zero-order chi connectivity index (χ0) is 8.97. The molecule has 0 saturated carbocycles. The van der Waals surface area contributed by atoms with Crippen LogP contribution in [-0.4, -0.2) is 10.4 Å². The molecule has 0 aliphatic carbocycles. The van der Waals surface area contributed by atoms with Crippen molar-refractivity contribution >= 4 is 17.0 Å². The van der Waals surface area contributed by atoms with E-state index >= 15 is 0 Å². The summed E-state index contributed by atoms with van der Waals surface area (Å²) in [6.07, 6.45) is 3.36. The van der Waals surface area contributed by atoms with Crippen molar-refractivity contribution in [1.29, 1.82) is 0 Å². The summed E-state index contributed by atoms with van der Waals surface area (Å²) in [6.45, 7) is 2.09. The normalized spacial score (nSPS) is 9.50. The van der Waals surface area contributed by atoms with Gasteiger partial charge in [0, 0.05) is 29.6 Å². The quantitative estimate of drug-likeness (QED) is 0.664. The third kappa shape index (κ3) is 2.88. The molecule has 12 heavy (non-hydrogen) atoms. The zero-order valence-corrected chi connectivity index (χ0v) is 7.34. The monoisotopic (exact) mass is 185 g/mol. The molecule has 0 saturated heterocycles. The van der Waals surface area contributed by atoms with Crippen molar-refractivity contribution in [3.8, 4) is 0 Å². The first kappa shape index (κ1) is 9.00. The lowest BCUT2D eigenvalue weighted by molar-refractivity contribution is 0.167. The second-order valence-electron chi connectivity index (χ2n) is 2.40. The van der Waals surface area contributed by atoms with E-state index in [-0.39, 0.29) is 6.61 Å². The van der Waals surface area contributed by atoms with E-state index in [0.29, 0.717) is 0 Å². The van der Waals surface area contributed by atoms with Gasteiger partial charge in [0.2, 0.25) is 0 Å². The number of aryl methyl sites for hydroxylation is 1. The molecule has 0 aliphatic heterocycles. The van der Waals surface area contributed by atoms with E-state index in [2.05, 4.69) is 9.72 Å². The summed E-state index contributed by atoms with van der Waals surface area (Å²) in [4.78, 5) is 14.2. The Morgan fingerprint density at radius 1 is 1.67 bits per heavy atom. The first-order chi connectivity index (χ1) is 5.68. The second-order valence-corrected chi connectivity index (χ2v) is 2.71. The molecule has 1 aromatic heterocycles. The molecule has 3 nitrogen and oxygen atoms in total. The molecule has 1 aromatic rings. The number of aromatic nitrogens is 1. The number of hydrogen-bond donors (Lipinski definition) is 0. The highest BCUT2D eigenvalue weighted by molar-refractivity contribution is 6.61. The lowest BCUT2D eigenvalue weighted by atomic mass is 10.2. The molecule has 0 radical (unpaired) electrons. The number of rotatable bonds is 2. The first-order valence-electron chi connectivity index (χ1n) is 3.41. The van der Waals surface area contributed by atoms with Crippen LogP contribution in [0.4, 0.5) is 4.79 Å². The SMILES string of the molecule is Cc1cncc(COC(=O)Cl)c1. The Balaban J connectivity index is 2.57. The van der Waals surface area contributed by atoms with Crippen molar-refractivity contribution in [2.24, 2.45) is 0 Å². The fourth-order valence-electron chi connectivity index (χ4n) is 0.837. The van der Waals surface area contributed by atoms with Gasteiger partial charge in [-0.1, -0.05) is 0 Å². The van der Waals surface area contributed by atoms with Crippen molar-refractivity contribution < 1.29 is 9.53 Å². The lowest BCUT2D eigenvalue weighted by Crippen LogP contribution is -1.95. The standard InChI is InChI=1S/C8H8ClNO2/c1-6-2-7(4-10-3-6)5-12-8(9)11/h2-4H,5H2,1H3. The van der Waals surface area contributed by atoms with E-state index in [1.54, 1.807) is 12.4 Å². The van der Waals surface area contributed by atoms with E-state index in [1.807, 2.05) is 13.0 Å². The molecular formula is C8H8ClNO2. The summed E-state index contributed by atoms with van der Waals surface area (Å²) >= 11 is 4.99. The van der Waals surface area contributed by atoms with E-state index < -0.39 is 5.43 Å². The number of pyridine rings is 1. The van der Waals surface area contributed by atoms with E-state index in [4.69, 9.17) is 11.6 Å². The van der Waals surface area contributed by atoms with Crippen LogP contribution in [0.3, 0.4) is 0 Å². The van der Waals surface area contributed by atoms with Gasteiger partial charge in [-0.05, 0) is 18.6 Å². The minimum atomic E-state index is -0.795. The predicted molar refractivity (Wildman–Crippen MR) is 45.0 cm³/mol. The third-order valence-electron chi connectivity index (χ3n) is 1.28. The molecule has 0 fully saturated rings. The number of carbonyl (C=O) groups is 1. The van der Waals surface area contributed by atoms with E-state index in [9.17, 15) is 4.79 Å². The topological polar surface area (TPSA) is 39.2 Å². The Hall–Kier alpha value is -1.09. The van der Waals surface area contributed by atoms with Crippen LogP contribution in [-0.2, 0) is 11.3 Å². The summed E-state index contributed by atoms with van der Waals surface area (Å²) in [5.41, 5.74) is 1.07. The van der Waals surface area contributed by atoms with Gasteiger partial charge in [0.15, 0.2) is 0 Å². The fraction of sp³-hybridized carbons (Fsp3) is 0.250. The maximum absolute atomic E-state index is 10.2. The van der Waals surface area contributed by atoms with E-state index in [0.717, 1.165) is 11.1 Å².